The van der Waals surface area contributed by atoms with Gasteiger partial charge in [-0.3, -0.25) is 9.20 Å². The fourth-order valence-electron chi connectivity index (χ4n) is 4.97. The number of pyridine rings is 1. The van der Waals surface area contributed by atoms with E-state index in [2.05, 4.69) is 25.2 Å². The molecular formula is C28H32ClFN8O4. The highest BCUT2D eigenvalue weighted by atomic mass is 35.5. The van der Waals surface area contributed by atoms with Gasteiger partial charge in [-0.2, -0.15) is 0 Å². The second-order valence-electron chi connectivity index (χ2n) is 10.1. The molecule has 1 aliphatic heterocycles. The highest BCUT2D eigenvalue weighted by Gasteiger charge is 2.29. The van der Waals surface area contributed by atoms with Crippen molar-refractivity contribution in [1.82, 2.24) is 24.3 Å². The monoisotopic (exact) mass is 598 g/mol. The number of halogens is 2. The Kier molecular flexibility index (Phi) is 8.73. The molecule has 42 heavy (non-hydrogen) atoms. The summed E-state index contributed by atoms with van der Waals surface area (Å²) in [4.78, 5) is 29.0. The van der Waals surface area contributed by atoms with Crippen LogP contribution >= 0.6 is 11.6 Å². The van der Waals surface area contributed by atoms with E-state index < -0.39 is 18.5 Å². The van der Waals surface area contributed by atoms with E-state index in [1.54, 1.807) is 30.8 Å². The molecule has 12 nitrogen and oxygen atoms in total. The Morgan fingerprint density at radius 3 is 2.90 bits per heavy atom. The van der Waals surface area contributed by atoms with Crippen molar-refractivity contribution in [1.29, 1.82) is 0 Å². The van der Waals surface area contributed by atoms with Crippen LogP contribution in [0, 0.1) is 5.82 Å². The normalized spacial score (nSPS) is 17.7. The zero-order valence-electron chi connectivity index (χ0n) is 23.4. The lowest BCUT2D eigenvalue weighted by molar-refractivity contribution is -0.135. The summed E-state index contributed by atoms with van der Waals surface area (Å²) in [6.45, 7) is 3.07. The van der Waals surface area contributed by atoms with Gasteiger partial charge in [-0.15, -0.1) is 0 Å². The summed E-state index contributed by atoms with van der Waals surface area (Å²) in [5, 5.41) is 12.7. The number of imidazole rings is 1. The fourth-order valence-corrected chi connectivity index (χ4v) is 5.16. The molecule has 3 aromatic heterocycles. The molecule has 1 fully saturated rings. The van der Waals surface area contributed by atoms with Gasteiger partial charge in [0.2, 0.25) is 11.9 Å². The summed E-state index contributed by atoms with van der Waals surface area (Å²) in [6.07, 6.45) is 4.32. The summed E-state index contributed by atoms with van der Waals surface area (Å²) in [5.74, 6) is 0.0238. The molecule has 4 aromatic rings. The summed E-state index contributed by atoms with van der Waals surface area (Å²) < 4.78 is 27.5. The number of nitrogens with one attached hydrogen (secondary N) is 1. The van der Waals surface area contributed by atoms with Crippen LogP contribution in [-0.2, 0) is 9.53 Å². The van der Waals surface area contributed by atoms with E-state index in [0.717, 1.165) is 5.69 Å². The number of fused-ring (bicyclic) bond motifs is 1. The van der Waals surface area contributed by atoms with Gasteiger partial charge in [0.15, 0.2) is 11.5 Å². The van der Waals surface area contributed by atoms with E-state index in [1.807, 2.05) is 25.1 Å². The van der Waals surface area contributed by atoms with Crippen molar-refractivity contribution in [2.24, 2.45) is 5.73 Å². The zero-order chi connectivity index (χ0) is 30.0. The number of aromatic nitrogens is 4. The number of carbonyl (C=O) groups excluding carboxylic acids is 1. The first kappa shape index (κ1) is 29.5. The van der Waals surface area contributed by atoms with Gasteiger partial charge >= 0.3 is 0 Å². The Morgan fingerprint density at radius 2 is 2.14 bits per heavy atom. The molecule has 0 bridgehead atoms. The van der Waals surface area contributed by atoms with Crippen molar-refractivity contribution in [3.8, 4) is 17.1 Å². The lowest BCUT2D eigenvalue weighted by atomic mass is 10.1. The average Bonchev–Trinajstić information content (AvgIpc) is 3.42. The lowest BCUT2D eigenvalue weighted by Crippen LogP contribution is -2.53. The molecule has 1 amide bonds. The largest absolute Gasteiger partial charge is 0.494 e. The van der Waals surface area contributed by atoms with E-state index in [-0.39, 0.29) is 34.7 Å². The van der Waals surface area contributed by atoms with E-state index in [1.165, 1.54) is 23.4 Å². The number of benzene rings is 1. The third-order valence-electron chi connectivity index (χ3n) is 6.97. The van der Waals surface area contributed by atoms with E-state index >= 15 is 0 Å². The standard InChI is InChI=1S/C28H32ClFN8O4/c1-16-12-37(14-18(42-16)13-36(2)27(40)21(31)15-39)17-6-7-22(24(9-17)41-3)34-28-33-10-19(29)25(35-28)23-11-32-26-20(30)5-4-8-38(23)26/h4-11,16,18,21,39H,12-15,31H2,1-3H3,(H,33,34,35). The second-order valence-corrected chi connectivity index (χ2v) is 10.5. The van der Waals surface area contributed by atoms with Crippen molar-refractivity contribution in [2.75, 3.05) is 50.6 Å². The highest BCUT2D eigenvalue weighted by Crippen LogP contribution is 2.34. The molecule has 4 heterocycles. The van der Waals surface area contributed by atoms with Crippen molar-refractivity contribution in [3.63, 3.8) is 0 Å². The Balaban J connectivity index is 1.35. The van der Waals surface area contributed by atoms with Crippen LogP contribution in [0.2, 0.25) is 5.02 Å². The topological polar surface area (TPSA) is 143 Å². The van der Waals surface area contributed by atoms with Crippen molar-refractivity contribution in [2.45, 2.75) is 25.2 Å². The van der Waals surface area contributed by atoms with Gasteiger partial charge in [-0.05, 0) is 31.2 Å². The Labute approximate surface area is 246 Å². The fraction of sp³-hybridized carbons (Fsp3) is 0.357. The first-order chi connectivity index (χ1) is 20.2. The van der Waals surface area contributed by atoms with Gasteiger partial charge in [0.1, 0.15) is 17.5 Å². The van der Waals surface area contributed by atoms with E-state index in [4.69, 9.17) is 26.8 Å². The second kappa shape index (κ2) is 12.4. The van der Waals surface area contributed by atoms with Gasteiger partial charge in [-0.25, -0.2) is 19.3 Å². The molecule has 3 unspecified atom stereocenters. The SMILES string of the molecule is COc1cc(N2CC(C)OC(CN(C)C(=O)C(N)CO)C2)ccc1Nc1ncc(Cl)c(-c2cnc3c(F)cccn23)n1. The number of aliphatic hydroxyl groups is 1. The molecule has 0 aliphatic carbocycles. The smallest absolute Gasteiger partial charge is 0.241 e. The highest BCUT2D eigenvalue weighted by molar-refractivity contribution is 6.32. The molecule has 0 radical (unpaired) electrons. The summed E-state index contributed by atoms with van der Waals surface area (Å²) in [5.41, 5.74) is 8.30. The quantitative estimate of drug-likeness (QED) is 0.263. The number of nitrogens with two attached hydrogens (primary N) is 1. The predicted molar refractivity (Wildman–Crippen MR) is 157 cm³/mol. The summed E-state index contributed by atoms with van der Waals surface area (Å²) >= 11 is 6.42. The number of likely N-dealkylation sites (N-methyl/N-ethyl adjacent to an activating group) is 1. The number of hydrogen-bond donors (Lipinski definition) is 3. The van der Waals surface area contributed by atoms with Gasteiger partial charge in [0.05, 0.1) is 54.7 Å². The average molecular weight is 599 g/mol. The summed E-state index contributed by atoms with van der Waals surface area (Å²) in [6, 6.07) is 7.66. The Hall–Kier alpha value is -4.04. The Bertz CT molecular complexity index is 1590. The van der Waals surface area contributed by atoms with Crippen molar-refractivity contribution < 1.29 is 23.8 Å². The number of carbonyl (C=O) groups is 1. The van der Waals surface area contributed by atoms with Crippen LogP contribution in [0.3, 0.4) is 0 Å². The molecule has 1 aromatic carbocycles. The molecule has 5 rings (SSSR count). The Morgan fingerprint density at radius 1 is 1.33 bits per heavy atom. The minimum Gasteiger partial charge on any atom is -0.494 e. The molecule has 0 spiro atoms. The third kappa shape index (κ3) is 6.09. The number of amides is 1. The first-order valence-corrected chi connectivity index (χ1v) is 13.7. The minimum absolute atomic E-state index is 0.0865. The molecule has 0 saturated carbocycles. The van der Waals surface area contributed by atoms with Gasteiger partial charge in [0, 0.05) is 44.6 Å². The molecule has 4 N–H and O–H groups in total. The number of anilines is 3. The van der Waals surface area contributed by atoms with Gasteiger partial charge in [0.25, 0.3) is 0 Å². The third-order valence-corrected chi connectivity index (χ3v) is 7.24. The number of methoxy groups -OCH3 is 1. The van der Waals surface area contributed by atoms with E-state index in [0.29, 0.717) is 42.5 Å². The zero-order valence-corrected chi connectivity index (χ0v) is 24.1. The molecule has 14 heteroatoms. The molecule has 3 atom stereocenters. The maximum absolute atomic E-state index is 14.2. The minimum atomic E-state index is -0.959. The maximum atomic E-state index is 14.2. The lowest BCUT2D eigenvalue weighted by Gasteiger charge is -2.39. The van der Waals surface area contributed by atoms with Crippen LogP contribution < -0.4 is 20.7 Å². The number of ether oxygens (including phenoxy) is 2. The summed E-state index contributed by atoms with van der Waals surface area (Å²) in [7, 11) is 3.22. The molecule has 1 aliphatic rings. The van der Waals surface area contributed by atoms with Crippen molar-refractivity contribution in [3.05, 3.63) is 59.8 Å². The maximum Gasteiger partial charge on any atom is 0.241 e. The number of nitrogens with zero attached hydrogens (tertiary/aromatic N) is 6. The van der Waals surface area contributed by atoms with Crippen LogP contribution in [-0.4, -0.2) is 93.9 Å². The van der Waals surface area contributed by atoms with Crippen LogP contribution in [0.25, 0.3) is 17.0 Å². The van der Waals surface area contributed by atoms with E-state index in [9.17, 15) is 14.3 Å². The van der Waals surface area contributed by atoms with Gasteiger partial charge in [-0.1, -0.05) is 11.6 Å². The van der Waals surface area contributed by atoms with Crippen LogP contribution in [0.5, 0.6) is 5.75 Å². The van der Waals surface area contributed by atoms with Crippen LogP contribution in [0.1, 0.15) is 6.92 Å². The number of rotatable bonds is 9. The molecular weight excluding hydrogens is 567 g/mol. The van der Waals surface area contributed by atoms with Crippen LogP contribution in [0.4, 0.5) is 21.7 Å². The van der Waals surface area contributed by atoms with Crippen molar-refractivity contribution >= 4 is 40.5 Å². The number of hydrogen-bond acceptors (Lipinski definition) is 10. The van der Waals surface area contributed by atoms with Gasteiger partial charge < -0.3 is 35.4 Å². The predicted octanol–water partition coefficient (Wildman–Crippen LogP) is 2.71. The number of aliphatic hydroxyl groups excluding tert-OH is 1. The molecule has 222 valence electrons. The molecule has 1 saturated heterocycles. The van der Waals surface area contributed by atoms with Crippen LogP contribution in [0.15, 0.2) is 48.9 Å². The first-order valence-electron chi connectivity index (χ1n) is 13.3. The number of morpholine rings is 1.